The number of carbonyl (C=O) groups is 2. The first-order chi connectivity index (χ1) is 27.6. The van der Waals surface area contributed by atoms with E-state index in [0.717, 1.165) is 89.9 Å². The van der Waals surface area contributed by atoms with Gasteiger partial charge in [-0.05, 0) is 148 Å². The molecule has 4 N–H and O–H groups in total. The average Bonchev–Trinajstić information content (AvgIpc) is 3.18. The van der Waals surface area contributed by atoms with E-state index < -0.39 is 17.6 Å². The van der Waals surface area contributed by atoms with Crippen LogP contribution in [0.5, 0.6) is 0 Å². The van der Waals surface area contributed by atoms with Gasteiger partial charge in [-0.2, -0.15) is 0 Å². The van der Waals surface area contributed by atoms with Crippen molar-refractivity contribution in [3.63, 3.8) is 0 Å². The van der Waals surface area contributed by atoms with E-state index in [-0.39, 0.29) is 39.4 Å². The van der Waals surface area contributed by atoms with Crippen molar-refractivity contribution in [3.05, 3.63) is 72.4 Å². The fourth-order valence-corrected chi connectivity index (χ4v) is 13.4. The van der Waals surface area contributed by atoms with Crippen molar-refractivity contribution in [2.45, 2.75) is 170 Å². The zero-order chi connectivity index (χ0) is 42.2. The van der Waals surface area contributed by atoms with Crippen LogP contribution in [0.2, 0.25) is 0 Å². The molecule has 0 heterocycles. The zero-order valence-electron chi connectivity index (χ0n) is 37.8. The van der Waals surface area contributed by atoms with Gasteiger partial charge in [0.2, 0.25) is 11.8 Å². The van der Waals surface area contributed by atoms with Crippen LogP contribution in [0.25, 0.3) is 0 Å². The van der Waals surface area contributed by atoms with Crippen LogP contribution in [0.3, 0.4) is 0 Å². The quantitative estimate of drug-likeness (QED) is 0.0870. The lowest BCUT2D eigenvalue weighted by atomic mass is 9.33. The molecule has 5 rings (SSSR count). The lowest BCUT2D eigenvalue weighted by molar-refractivity contribution is -0.231. The largest absolute Gasteiger partial charge is 0.390 e. The summed E-state index contributed by atoms with van der Waals surface area (Å²) in [7, 11) is 0. The van der Waals surface area contributed by atoms with E-state index in [1.54, 1.807) is 0 Å². The minimum atomic E-state index is -0.696. The van der Waals surface area contributed by atoms with E-state index in [1.807, 2.05) is 0 Å². The molecular formula is C52H82N2O4. The number of fused-ring (bicyclic) bond motifs is 7. The molecule has 4 saturated carbocycles. The third-order valence-corrected chi connectivity index (χ3v) is 17.0. The van der Waals surface area contributed by atoms with Crippen LogP contribution in [0.15, 0.2) is 72.4 Å². The Morgan fingerprint density at radius 1 is 0.759 bits per heavy atom. The maximum absolute atomic E-state index is 14.5. The number of hydrogen-bond acceptors (Lipinski definition) is 4. The van der Waals surface area contributed by atoms with Gasteiger partial charge in [0.05, 0.1) is 17.6 Å². The van der Waals surface area contributed by atoms with E-state index in [1.165, 1.54) is 5.57 Å². The van der Waals surface area contributed by atoms with E-state index in [0.29, 0.717) is 49.6 Å². The number of aliphatic hydroxyl groups excluding tert-OH is 2. The molecule has 0 spiro atoms. The topological polar surface area (TPSA) is 98.7 Å². The van der Waals surface area contributed by atoms with Crippen molar-refractivity contribution in [2.75, 3.05) is 13.1 Å². The summed E-state index contributed by atoms with van der Waals surface area (Å²) in [4.78, 5) is 27.2. The van der Waals surface area contributed by atoms with Gasteiger partial charge in [-0.25, -0.2) is 0 Å². The Balaban J connectivity index is 1.09. The molecule has 0 bridgehead atoms. The highest BCUT2D eigenvalue weighted by molar-refractivity contribution is 5.84. The summed E-state index contributed by atoms with van der Waals surface area (Å²) < 4.78 is 0. The fourth-order valence-electron chi connectivity index (χ4n) is 13.4. The lowest BCUT2D eigenvalue weighted by Gasteiger charge is -2.71. The van der Waals surface area contributed by atoms with Crippen LogP contribution in [0, 0.1) is 56.7 Å². The van der Waals surface area contributed by atoms with Crippen molar-refractivity contribution >= 4 is 11.8 Å². The normalized spacial score (nSPS) is 38.4. The molecule has 0 radical (unpaired) electrons. The standard InChI is InChI=1S/C52H82N2O4/c1-9-10-11-12-13-14-15-16-17-18-19-20-21-22-23-24-25-26-44(56)53-35-36-54-47(58)52-32-29-38(2)39(3)45(52)40-27-28-43-49(6)37-41(55)46(57)48(4,5)42(49)30-31-51(43,8)50(40,7)33-34-52/h10-11,13-14,16-17,19-20,22-23,27,38-39,41-43,45-46,55,57H,9,12,15,18,21,24-26,28-37H2,1-8H3,(H,53,56)(H,54,58)/b11-10-,14-13-,17-16-,20-19-,23-22-/t38-,39+,41-,42+,43-,45+,46+,49+,50-,51-,52+/m1/s1. The first-order valence-corrected chi connectivity index (χ1v) is 23.5. The second-order valence-electron chi connectivity index (χ2n) is 20.5. The molecule has 4 fully saturated rings. The van der Waals surface area contributed by atoms with Gasteiger partial charge >= 0.3 is 0 Å². The van der Waals surface area contributed by atoms with Gasteiger partial charge in [-0.15, -0.1) is 0 Å². The Kier molecular flexibility index (Phi) is 15.8. The van der Waals surface area contributed by atoms with Crippen LogP contribution in [0.1, 0.15) is 158 Å². The molecule has 0 aromatic heterocycles. The van der Waals surface area contributed by atoms with Crippen LogP contribution >= 0.6 is 0 Å². The van der Waals surface area contributed by atoms with Crippen LogP contribution in [-0.4, -0.2) is 47.3 Å². The molecule has 324 valence electrons. The van der Waals surface area contributed by atoms with E-state index in [9.17, 15) is 19.8 Å². The summed E-state index contributed by atoms with van der Waals surface area (Å²) >= 11 is 0. The predicted octanol–water partition coefficient (Wildman–Crippen LogP) is 11.1. The molecule has 2 amide bonds. The minimum absolute atomic E-state index is 0.0184. The number of rotatable bonds is 17. The minimum Gasteiger partial charge on any atom is -0.390 e. The molecule has 0 unspecified atom stereocenters. The van der Waals surface area contributed by atoms with Gasteiger partial charge in [0.15, 0.2) is 0 Å². The molecule has 11 atom stereocenters. The van der Waals surface area contributed by atoms with Crippen LogP contribution in [0.4, 0.5) is 0 Å². The molecule has 0 aromatic carbocycles. The van der Waals surface area contributed by atoms with Gasteiger partial charge < -0.3 is 20.8 Å². The molecule has 0 aliphatic heterocycles. The number of hydrogen-bond donors (Lipinski definition) is 4. The van der Waals surface area contributed by atoms with E-state index in [2.05, 4.69) is 133 Å². The molecule has 6 heteroatoms. The monoisotopic (exact) mass is 799 g/mol. The van der Waals surface area contributed by atoms with Gasteiger partial charge in [0.25, 0.3) is 0 Å². The van der Waals surface area contributed by atoms with Crippen molar-refractivity contribution < 1.29 is 19.8 Å². The Labute approximate surface area is 353 Å². The van der Waals surface area contributed by atoms with Gasteiger partial charge in [0, 0.05) is 19.5 Å². The number of amides is 2. The molecule has 5 aliphatic rings. The highest BCUT2D eigenvalue weighted by atomic mass is 16.3. The van der Waals surface area contributed by atoms with Crippen molar-refractivity contribution in [2.24, 2.45) is 56.7 Å². The summed E-state index contributed by atoms with van der Waals surface area (Å²) in [5, 5.41) is 28.7. The first-order valence-electron chi connectivity index (χ1n) is 23.5. The van der Waals surface area contributed by atoms with Crippen LogP contribution in [-0.2, 0) is 9.59 Å². The molecule has 0 aromatic rings. The molecule has 0 saturated heterocycles. The predicted molar refractivity (Wildman–Crippen MR) is 241 cm³/mol. The summed E-state index contributed by atoms with van der Waals surface area (Å²) in [5.41, 5.74) is 0.765. The number of aliphatic hydroxyl groups is 2. The first kappa shape index (κ1) is 46.4. The zero-order valence-corrected chi connectivity index (χ0v) is 37.8. The van der Waals surface area contributed by atoms with Crippen molar-refractivity contribution in [1.29, 1.82) is 0 Å². The third kappa shape index (κ3) is 9.29. The van der Waals surface area contributed by atoms with Gasteiger partial charge in [-0.3, -0.25) is 9.59 Å². The number of nitrogens with one attached hydrogen (secondary N) is 2. The summed E-state index contributed by atoms with van der Waals surface area (Å²) in [6, 6.07) is 0. The molecular weight excluding hydrogens is 717 g/mol. The molecule has 58 heavy (non-hydrogen) atoms. The van der Waals surface area contributed by atoms with Crippen molar-refractivity contribution in [1.82, 2.24) is 10.6 Å². The summed E-state index contributed by atoms with van der Waals surface area (Å²) in [6.45, 7) is 19.7. The lowest BCUT2D eigenvalue weighted by Crippen LogP contribution is -2.67. The highest BCUT2D eigenvalue weighted by Crippen LogP contribution is 2.75. The second kappa shape index (κ2) is 19.8. The summed E-state index contributed by atoms with van der Waals surface area (Å²) in [5.74, 6) is 2.18. The van der Waals surface area contributed by atoms with E-state index >= 15 is 0 Å². The summed E-state index contributed by atoms with van der Waals surface area (Å²) in [6.07, 6.45) is 38.1. The molecule has 6 nitrogen and oxygen atoms in total. The smallest absolute Gasteiger partial charge is 0.226 e. The maximum Gasteiger partial charge on any atom is 0.226 e. The van der Waals surface area contributed by atoms with Crippen molar-refractivity contribution in [3.8, 4) is 0 Å². The Morgan fingerprint density at radius 2 is 1.36 bits per heavy atom. The fraction of sp³-hybridized carbons (Fsp3) is 0.731. The van der Waals surface area contributed by atoms with Gasteiger partial charge in [0.1, 0.15) is 0 Å². The number of carbonyl (C=O) groups excluding carboxylic acids is 2. The second-order valence-corrected chi connectivity index (χ2v) is 20.5. The third-order valence-electron chi connectivity index (χ3n) is 17.0. The number of allylic oxidation sites excluding steroid dienone is 12. The Bertz CT molecular complexity index is 1590. The van der Waals surface area contributed by atoms with Crippen LogP contribution < -0.4 is 10.6 Å². The highest BCUT2D eigenvalue weighted by Gasteiger charge is 2.70. The maximum atomic E-state index is 14.5. The Hall–Kier alpha value is -2.70. The Morgan fingerprint density at radius 3 is 2.00 bits per heavy atom. The molecule has 5 aliphatic carbocycles. The number of unbranched alkanes of at least 4 members (excludes halogenated alkanes) is 1. The van der Waals surface area contributed by atoms with E-state index in [4.69, 9.17) is 0 Å². The SMILES string of the molecule is CC/C=C\C/C=C\C/C=C\C/C=C\C/C=C\CCCC(=O)NCCNC(=O)[C@]12CC[C@@H](C)[C@H](C)[C@H]1C1=CC[C@@H]3[C@@]4(C)C[C@@H](O)[C@H](O)C(C)(C)[C@@H]4CC[C@@]3(C)[C@]1(C)CC2. The van der Waals surface area contributed by atoms with Gasteiger partial charge in [-0.1, -0.05) is 128 Å². The average molecular weight is 799 g/mol.